The van der Waals surface area contributed by atoms with Crippen LogP contribution in [0.5, 0.6) is 0 Å². The van der Waals surface area contributed by atoms with Crippen molar-refractivity contribution in [3.05, 3.63) is 0 Å². The number of hydrogen-bond acceptors (Lipinski definition) is 1. The average Bonchev–Trinajstić information content (AvgIpc) is 2.99. The fourth-order valence-corrected chi connectivity index (χ4v) is 3.40. The van der Waals surface area contributed by atoms with Gasteiger partial charge in [0.1, 0.15) is 0 Å². The highest BCUT2D eigenvalue weighted by Gasteiger charge is 2.48. The summed E-state index contributed by atoms with van der Waals surface area (Å²) in [5.74, 6) is 1.02. The van der Waals surface area contributed by atoms with Crippen LogP contribution < -0.4 is 0 Å². The van der Waals surface area contributed by atoms with Gasteiger partial charge < -0.3 is 0 Å². The van der Waals surface area contributed by atoms with Crippen LogP contribution in [-0.2, 0) is 0 Å². The summed E-state index contributed by atoms with van der Waals surface area (Å²) in [6, 6.07) is 1.00. The Morgan fingerprint density at radius 2 is 2.00 bits per heavy atom. The molecule has 0 aromatic rings. The van der Waals surface area contributed by atoms with Crippen LogP contribution in [-0.4, -0.2) is 24.0 Å². The smallest absolute Gasteiger partial charge is 0.00966 e. The predicted octanol–water partition coefficient (Wildman–Crippen LogP) is 2.66. The molecule has 1 aliphatic heterocycles. The van der Waals surface area contributed by atoms with Crippen molar-refractivity contribution in [3.8, 4) is 0 Å². The van der Waals surface area contributed by atoms with Gasteiger partial charge in [-0.1, -0.05) is 6.92 Å². The fraction of sp³-hybridized carbons (Fsp3) is 1.00. The van der Waals surface area contributed by atoms with Crippen molar-refractivity contribution < 1.29 is 0 Å². The van der Waals surface area contributed by atoms with Gasteiger partial charge >= 0.3 is 0 Å². The Morgan fingerprint density at radius 3 is 2.54 bits per heavy atom. The highest BCUT2D eigenvalue weighted by atomic mass is 15.2. The molecule has 1 heteroatoms. The van der Waals surface area contributed by atoms with E-state index in [1.54, 1.807) is 0 Å². The lowest BCUT2D eigenvalue weighted by atomic mass is 9.57. The van der Waals surface area contributed by atoms with Crippen molar-refractivity contribution in [1.29, 1.82) is 0 Å². The summed E-state index contributed by atoms with van der Waals surface area (Å²) >= 11 is 0. The SMILES string of the molecule is CC1CCC12CCCN(C1CC1)C2. The molecule has 3 fully saturated rings. The number of rotatable bonds is 1. The van der Waals surface area contributed by atoms with Crippen molar-refractivity contribution >= 4 is 0 Å². The van der Waals surface area contributed by atoms with Crippen molar-refractivity contribution in [2.75, 3.05) is 13.1 Å². The van der Waals surface area contributed by atoms with E-state index in [2.05, 4.69) is 11.8 Å². The molecule has 2 aliphatic carbocycles. The first-order valence-electron chi connectivity index (χ1n) is 6.04. The summed E-state index contributed by atoms with van der Waals surface area (Å²) in [5, 5.41) is 0. The van der Waals surface area contributed by atoms with Crippen LogP contribution in [0.2, 0.25) is 0 Å². The number of nitrogens with zero attached hydrogens (tertiary/aromatic N) is 1. The Hall–Kier alpha value is -0.0400. The monoisotopic (exact) mass is 179 g/mol. The number of likely N-dealkylation sites (tertiary alicyclic amines) is 1. The van der Waals surface area contributed by atoms with Crippen LogP contribution in [0.4, 0.5) is 0 Å². The molecule has 1 spiro atoms. The normalized spacial score (nSPS) is 46.4. The Morgan fingerprint density at radius 1 is 1.15 bits per heavy atom. The van der Waals surface area contributed by atoms with Gasteiger partial charge in [-0.15, -0.1) is 0 Å². The molecular weight excluding hydrogens is 158 g/mol. The summed E-state index contributed by atoms with van der Waals surface area (Å²) in [6.07, 6.45) is 9.00. The van der Waals surface area contributed by atoms with Crippen LogP contribution in [0.1, 0.15) is 45.4 Å². The molecule has 0 amide bonds. The van der Waals surface area contributed by atoms with Gasteiger partial charge in [-0.3, -0.25) is 4.90 Å². The summed E-state index contributed by atoms with van der Waals surface area (Å²) in [5.41, 5.74) is 0.779. The van der Waals surface area contributed by atoms with Crippen LogP contribution >= 0.6 is 0 Å². The molecule has 74 valence electrons. The largest absolute Gasteiger partial charge is 0.300 e. The molecule has 0 aromatic heterocycles. The molecule has 2 atom stereocenters. The van der Waals surface area contributed by atoms with E-state index in [0.29, 0.717) is 0 Å². The Kier molecular flexibility index (Phi) is 1.74. The Balaban J connectivity index is 1.69. The maximum Gasteiger partial charge on any atom is 0.00966 e. The van der Waals surface area contributed by atoms with E-state index in [1.807, 2.05) is 0 Å². The van der Waals surface area contributed by atoms with Gasteiger partial charge in [-0.25, -0.2) is 0 Å². The van der Waals surface area contributed by atoms with Gasteiger partial charge in [0.2, 0.25) is 0 Å². The van der Waals surface area contributed by atoms with Crippen molar-refractivity contribution in [1.82, 2.24) is 4.90 Å². The maximum absolute atomic E-state index is 2.79. The van der Waals surface area contributed by atoms with Gasteiger partial charge in [0.15, 0.2) is 0 Å². The molecule has 1 nitrogen and oxygen atoms in total. The second-order valence-corrected chi connectivity index (χ2v) is 5.61. The molecule has 2 saturated carbocycles. The summed E-state index contributed by atoms with van der Waals surface area (Å²) in [6.45, 7) is 5.32. The fourth-order valence-electron chi connectivity index (χ4n) is 3.40. The molecule has 0 bridgehead atoms. The molecule has 0 N–H and O–H groups in total. The lowest BCUT2D eigenvalue weighted by molar-refractivity contribution is -0.0372. The zero-order chi connectivity index (χ0) is 8.89. The van der Waals surface area contributed by atoms with Crippen LogP contribution in [0.15, 0.2) is 0 Å². The van der Waals surface area contributed by atoms with E-state index in [1.165, 1.54) is 51.6 Å². The predicted molar refractivity (Wildman–Crippen MR) is 54.7 cm³/mol. The number of hydrogen-bond donors (Lipinski definition) is 0. The van der Waals surface area contributed by atoms with Gasteiger partial charge in [0, 0.05) is 12.6 Å². The molecule has 3 aliphatic rings. The summed E-state index contributed by atoms with van der Waals surface area (Å²) in [7, 11) is 0. The van der Waals surface area contributed by atoms with Gasteiger partial charge in [-0.2, -0.15) is 0 Å². The van der Waals surface area contributed by atoms with Gasteiger partial charge in [-0.05, 0) is 56.4 Å². The Labute approximate surface area is 81.5 Å². The third kappa shape index (κ3) is 1.24. The van der Waals surface area contributed by atoms with E-state index in [-0.39, 0.29) is 0 Å². The maximum atomic E-state index is 2.79. The highest BCUT2D eigenvalue weighted by Crippen LogP contribution is 2.53. The molecule has 1 saturated heterocycles. The first-order chi connectivity index (χ1) is 6.30. The zero-order valence-electron chi connectivity index (χ0n) is 8.76. The van der Waals surface area contributed by atoms with E-state index in [0.717, 1.165) is 17.4 Å². The van der Waals surface area contributed by atoms with Crippen molar-refractivity contribution in [3.63, 3.8) is 0 Å². The summed E-state index contributed by atoms with van der Waals surface area (Å²) in [4.78, 5) is 2.79. The number of piperidine rings is 1. The van der Waals surface area contributed by atoms with E-state index < -0.39 is 0 Å². The quantitative estimate of drug-likeness (QED) is 0.598. The van der Waals surface area contributed by atoms with E-state index in [4.69, 9.17) is 0 Å². The highest BCUT2D eigenvalue weighted by molar-refractivity contribution is 5.00. The molecule has 1 heterocycles. The Bertz CT molecular complexity index is 209. The van der Waals surface area contributed by atoms with Gasteiger partial charge in [0.25, 0.3) is 0 Å². The molecule has 13 heavy (non-hydrogen) atoms. The third-order valence-corrected chi connectivity index (χ3v) is 4.82. The third-order valence-electron chi connectivity index (χ3n) is 4.82. The molecular formula is C12H21N. The first kappa shape index (κ1) is 8.28. The van der Waals surface area contributed by atoms with Crippen molar-refractivity contribution in [2.24, 2.45) is 11.3 Å². The van der Waals surface area contributed by atoms with Crippen molar-refractivity contribution in [2.45, 2.75) is 51.5 Å². The molecule has 2 unspecified atom stereocenters. The minimum atomic E-state index is 0.779. The topological polar surface area (TPSA) is 3.24 Å². The average molecular weight is 179 g/mol. The lowest BCUT2D eigenvalue weighted by Gasteiger charge is -2.54. The van der Waals surface area contributed by atoms with E-state index >= 15 is 0 Å². The molecule has 0 aromatic carbocycles. The molecule has 3 rings (SSSR count). The minimum Gasteiger partial charge on any atom is -0.300 e. The minimum absolute atomic E-state index is 0.779. The van der Waals surface area contributed by atoms with Crippen LogP contribution in [0.3, 0.4) is 0 Å². The van der Waals surface area contributed by atoms with Crippen LogP contribution in [0.25, 0.3) is 0 Å². The second kappa shape index (κ2) is 2.73. The standard InChI is InChI=1S/C12H21N/c1-10-5-7-12(10)6-2-8-13(9-12)11-3-4-11/h10-11H,2-9H2,1H3. The zero-order valence-corrected chi connectivity index (χ0v) is 8.76. The van der Waals surface area contributed by atoms with E-state index in [9.17, 15) is 0 Å². The summed E-state index contributed by atoms with van der Waals surface area (Å²) < 4.78 is 0. The lowest BCUT2D eigenvalue weighted by Crippen LogP contribution is -2.52. The second-order valence-electron chi connectivity index (χ2n) is 5.61. The van der Waals surface area contributed by atoms with Gasteiger partial charge in [0.05, 0.1) is 0 Å². The first-order valence-corrected chi connectivity index (χ1v) is 6.04. The van der Waals surface area contributed by atoms with Crippen LogP contribution in [0, 0.1) is 11.3 Å². The molecule has 0 radical (unpaired) electrons.